The van der Waals surface area contributed by atoms with Crippen molar-refractivity contribution in [3.05, 3.63) is 65.7 Å². The van der Waals surface area contributed by atoms with Gasteiger partial charge in [-0.3, -0.25) is 0 Å². The van der Waals surface area contributed by atoms with E-state index in [1.807, 2.05) is 0 Å². The van der Waals surface area contributed by atoms with Gasteiger partial charge < -0.3 is 45.6 Å². The first-order valence-electron chi connectivity index (χ1n) is 9.28. The molecule has 0 saturated carbocycles. The number of benzene rings is 2. The summed E-state index contributed by atoms with van der Waals surface area (Å²) in [6.45, 7) is -1.45. The maximum atomic E-state index is 11.1. The van der Waals surface area contributed by atoms with Gasteiger partial charge in [-0.15, -0.1) is 0 Å². The predicted molar refractivity (Wildman–Crippen MR) is 109 cm³/mol. The van der Waals surface area contributed by atoms with Gasteiger partial charge in [0.2, 0.25) is 0 Å². The van der Waals surface area contributed by atoms with Crippen molar-refractivity contribution in [3.63, 3.8) is 0 Å². The second kappa shape index (κ2) is 17.5. The van der Waals surface area contributed by atoms with E-state index in [1.165, 1.54) is 24.3 Å². The smallest absolute Gasteiger partial charge is 0.858 e. The zero-order chi connectivity index (χ0) is 25.2. The zero-order valence-electron chi connectivity index (χ0n) is 19.0. The number of carboxylic acid groups (broad SMARTS) is 1. The fraction of sp³-hybridized carbons (Fsp3) is 0.300. The Morgan fingerprint density at radius 2 is 1.26 bits per heavy atom. The van der Waals surface area contributed by atoms with Gasteiger partial charge >= 0.3 is 59.1 Å². The first-order valence-corrected chi connectivity index (χ1v) is 10.7. The number of hydrogen-bond donors (Lipinski definition) is 6. The molecular weight excluding hydrogens is 508 g/mol. The van der Waals surface area contributed by atoms with Crippen LogP contribution in [-0.4, -0.2) is 88.6 Å². The second-order valence-corrected chi connectivity index (χ2v) is 8.07. The van der Waals surface area contributed by atoms with Crippen LogP contribution in [-0.2, 0) is 10.0 Å². The number of carbonyl (C=O) groups is 1. The molecule has 0 fully saturated rings. The molecule has 4 atom stereocenters. The monoisotopic (exact) mass is 531 g/mol. The standard InChI is InChI=1S/C7H5NO3S.C7H6O2.C6H14O6.2Na/c9-7-5-3-1-2-4-6(5)12(10,11)8-7;8-7(9)6-4-2-1-3-5-6;7-1-3(9)5(11)6(12)4(10)2-8;;/h1-4H,(H,8,9);1-5H,(H,8,9);3-12H,1-2H2;;/q;;;2*+1/p-2/t;;3-,4+,5-,6-;;/m..1../s1. The van der Waals surface area contributed by atoms with Crippen LogP contribution in [0.3, 0.4) is 0 Å². The third-order valence-electron chi connectivity index (χ3n) is 4.12. The summed E-state index contributed by atoms with van der Waals surface area (Å²) in [6, 6.07) is 14.1. The van der Waals surface area contributed by atoms with Crippen LogP contribution in [0.1, 0.15) is 15.9 Å². The zero-order valence-corrected chi connectivity index (χ0v) is 23.8. The molecule has 15 heteroatoms. The van der Waals surface area contributed by atoms with Gasteiger partial charge in [-0.1, -0.05) is 48.5 Å². The molecule has 0 amide bonds. The maximum absolute atomic E-state index is 11.1. The molecule has 182 valence electrons. The van der Waals surface area contributed by atoms with Crippen molar-refractivity contribution in [1.29, 1.82) is 0 Å². The summed E-state index contributed by atoms with van der Waals surface area (Å²) in [5, 5.41) is 73.2. The Hall–Kier alpha value is -0.910. The molecule has 0 spiro atoms. The number of aliphatic hydroxyl groups excluding tert-OH is 6. The summed E-state index contributed by atoms with van der Waals surface area (Å²) in [6.07, 6.45) is -6.39. The van der Waals surface area contributed by atoms with Gasteiger partial charge in [0.15, 0.2) is 0 Å². The van der Waals surface area contributed by atoms with Crippen LogP contribution in [0.4, 0.5) is 0 Å². The molecule has 1 aliphatic heterocycles. The molecule has 3 rings (SSSR count). The van der Waals surface area contributed by atoms with E-state index in [4.69, 9.17) is 30.6 Å². The van der Waals surface area contributed by atoms with Gasteiger partial charge in [0.05, 0.1) is 24.1 Å². The van der Waals surface area contributed by atoms with Gasteiger partial charge in [0.25, 0.3) is 10.0 Å². The molecule has 0 aromatic heterocycles. The summed E-state index contributed by atoms with van der Waals surface area (Å²) in [5.41, 5.74) is 0.384. The number of hydrogen-bond acceptors (Lipinski definition) is 11. The molecule has 2 aromatic rings. The van der Waals surface area contributed by atoms with Crippen molar-refractivity contribution in [2.24, 2.45) is 4.40 Å². The minimum absolute atomic E-state index is 0. The van der Waals surface area contributed by atoms with E-state index in [1.54, 1.807) is 30.3 Å². The number of carbonyl (C=O) groups excluding carboxylic acids is 1. The molecule has 0 aliphatic carbocycles. The van der Waals surface area contributed by atoms with Crippen LogP contribution in [0.25, 0.3) is 0 Å². The van der Waals surface area contributed by atoms with E-state index >= 15 is 0 Å². The fourth-order valence-corrected chi connectivity index (χ4v) is 3.42. The molecule has 0 bridgehead atoms. The van der Waals surface area contributed by atoms with Crippen LogP contribution in [0.15, 0.2) is 63.9 Å². The SMILES string of the molecule is O=C([O-])c1ccccc1.O=S1(=O)N=C([O-])c2ccccc21.OC[C@@H](O)[C@@H](O)[C@H](O)[C@@H](O)CO.[Na+].[Na+]. The minimum atomic E-state index is -3.68. The number of nitrogens with zero attached hydrogens (tertiary/aromatic N) is 1. The molecular formula is C20H23NNa2O11S. The number of fused-ring (bicyclic) bond motifs is 1. The van der Waals surface area contributed by atoms with Crippen molar-refractivity contribution in [1.82, 2.24) is 0 Å². The molecule has 1 heterocycles. The van der Waals surface area contributed by atoms with Crippen LogP contribution >= 0.6 is 0 Å². The molecule has 1 aliphatic rings. The first kappa shape index (κ1) is 36.2. The summed E-state index contributed by atoms with van der Waals surface area (Å²) in [7, 11) is -3.68. The molecule has 2 aromatic carbocycles. The van der Waals surface area contributed by atoms with Crippen LogP contribution in [0.5, 0.6) is 0 Å². The predicted octanol–water partition coefficient (Wildman–Crippen LogP) is -10.0. The summed E-state index contributed by atoms with van der Waals surface area (Å²) < 4.78 is 25.2. The largest absolute Gasteiger partial charge is 1.00 e. The van der Waals surface area contributed by atoms with Crippen LogP contribution in [0, 0.1) is 0 Å². The van der Waals surface area contributed by atoms with Gasteiger partial charge in [0.1, 0.15) is 24.4 Å². The van der Waals surface area contributed by atoms with Gasteiger partial charge in [-0.05, 0) is 11.6 Å². The maximum Gasteiger partial charge on any atom is 1.00 e. The average Bonchev–Trinajstić information content (AvgIpc) is 3.06. The minimum Gasteiger partial charge on any atom is -0.858 e. The van der Waals surface area contributed by atoms with E-state index in [9.17, 15) is 23.4 Å². The van der Waals surface area contributed by atoms with E-state index < -0.39 is 59.5 Å². The average molecular weight is 531 g/mol. The summed E-state index contributed by atoms with van der Waals surface area (Å²) in [4.78, 5) is 10.1. The van der Waals surface area contributed by atoms with E-state index in [0.29, 0.717) is 0 Å². The van der Waals surface area contributed by atoms with Gasteiger partial charge in [0, 0.05) is 11.5 Å². The Morgan fingerprint density at radius 1 is 0.829 bits per heavy atom. The summed E-state index contributed by atoms with van der Waals surface area (Å²) >= 11 is 0. The van der Waals surface area contributed by atoms with Crippen molar-refractivity contribution in [2.45, 2.75) is 29.3 Å². The molecule has 12 nitrogen and oxygen atoms in total. The van der Waals surface area contributed by atoms with Crippen LogP contribution in [0.2, 0.25) is 0 Å². The van der Waals surface area contributed by atoms with Crippen molar-refractivity contribution in [2.75, 3.05) is 13.2 Å². The molecule has 0 unspecified atom stereocenters. The Kier molecular flexibility index (Phi) is 18.2. The number of aliphatic hydroxyl groups is 6. The fourth-order valence-electron chi connectivity index (χ4n) is 2.32. The summed E-state index contributed by atoms with van der Waals surface area (Å²) in [5.74, 6) is -1.80. The normalized spacial score (nSPS) is 16.0. The number of aromatic carboxylic acids is 1. The number of carboxylic acids is 1. The van der Waals surface area contributed by atoms with Crippen molar-refractivity contribution < 1.29 is 113 Å². The molecule has 0 radical (unpaired) electrons. The Bertz CT molecular complexity index is 1020. The quantitative estimate of drug-likeness (QED) is 0.192. The molecule has 35 heavy (non-hydrogen) atoms. The number of rotatable bonds is 6. The first-order chi connectivity index (χ1) is 15.5. The van der Waals surface area contributed by atoms with Gasteiger partial charge in [-0.25, -0.2) is 0 Å². The van der Waals surface area contributed by atoms with Gasteiger partial charge in [-0.2, -0.15) is 12.8 Å². The third kappa shape index (κ3) is 11.3. The Morgan fingerprint density at radius 3 is 1.63 bits per heavy atom. The Balaban J connectivity index is 0. The van der Waals surface area contributed by atoms with E-state index in [2.05, 4.69) is 4.40 Å². The second-order valence-electron chi connectivity index (χ2n) is 6.50. The topological polar surface area (TPSA) is 231 Å². The van der Waals surface area contributed by atoms with Crippen LogP contribution < -0.4 is 69.3 Å². The Labute approximate surface area is 245 Å². The van der Waals surface area contributed by atoms with E-state index in [0.717, 1.165) is 0 Å². The number of sulfonamides is 1. The van der Waals surface area contributed by atoms with Crippen molar-refractivity contribution >= 4 is 21.9 Å². The third-order valence-corrected chi connectivity index (χ3v) is 5.44. The van der Waals surface area contributed by atoms with E-state index in [-0.39, 0.29) is 75.1 Å². The van der Waals surface area contributed by atoms with Crippen molar-refractivity contribution in [3.8, 4) is 0 Å². The molecule has 0 saturated heterocycles. The molecule has 6 N–H and O–H groups in total.